The van der Waals surface area contributed by atoms with Gasteiger partial charge in [0.2, 0.25) is 5.95 Å². The van der Waals surface area contributed by atoms with Crippen molar-refractivity contribution in [3.8, 4) is 0 Å². The van der Waals surface area contributed by atoms with Crippen molar-refractivity contribution < 1.29 is 19.1 Å². The molecule has 5 nitrogen and oxygen atoms in total. The van der Waals surface area contributed by atoms with E-state index in [2.05, 4.69) is 10.3 Å². The van der Waals surface area contributed by atoms with Crippen LogP contribution in [0.4, 0.5) is 4.39 Å². The third kappa shape index (κ3) is 3.49. The number of carbonyl (C=O) groups is 2. The van der Waals surface area contributed by atoms with Crippen molar-refractivity contribution in [3.05, 3.63) is 29.8 Å². The van der Waals surface area contributed by atoms with Gasteiger partial charge in [-0.05, 0) is 18.9 Å². The van der Waals surface area contributed by atoms with Gasteiger partial charge in [0.1, 0.15) is 0 Å². The molecule has 1 aromatic rings. The minimum Gasteiger partial charge on any atom is -0.481 e. The lowest BCUT2D eigenvalue weighted by Gasteiger charge is -2.26. The van der Waals surface area contributed by atoms with E-state index in [-0.39, 0.29) is 12.1 Å². The second-order valence-corrected chi connectivity index (χ2v) is 4.34. The number of aromatic nitrogens is 1. The normalized spacial score (nSPS) is 11.1. The number of aliphatic carboxylic acids is 1. The first-order chi connectivity index (χ1) is 8.95. The second-order valence-electron chi connectivity index (χ2n) is 4.34. The van der Waals surface area contributed by atoms with Crippen LogP contribution in [-0.4, -0.2) is 28.5 Å². The molecule has 0 radical (unpaired) electrons. The predicted molar refractivity (Wildman–Crippen MR) is 67.2 cm³/mol. The van der Waals surface area contributed by atoms with Gasteiger partial charge in [0.05, 0.1) is 5.41 Å². The number of halogens is 1. The van der Waals surface area contributed by atoms with Crippen LogP contribution in [0.15, 0.2) is 18.3 Å². The molecule has 19 heavy (non-hydrogen) atoms. The summed E-state index contributed by atoms with van der Waals surface area (Å²) in [4.78, 5) is 26.4. The summed E-state index contributed by atoms with van der Waals surface area (Å²) >= 11 is 0. The van der Waals surface area contributed by atoms with E-state index in [1.54, 1.807) is 13.8 Å². The van der Waals surface area contributed by atoms with Gasteiger partial charge in [0.25, 0.3) is 5.91 Å². The Morgan fingerprint density at radius 3 is 2.53 bits per heavy atom. The summed E-state index contributed by atoms with van der Waals surface area (Å²) in [7, 11) is 0. The smallest absolute Gasteiger partial charge is 0.311 e. The summed E-state index contributed by atoms with van der Waals surface area (Å²) in [5.41, 5.74) is -0.861. The highest BCUT2D eigenvalue weighted by Gasteiger charge is 2.35. The maximum absolute atomic E-state index is 12.9. The first kappa shape index (κ1) is 15.1. The van der Waals surface area contributed by atoms with E-state index in [1.165, 1.54) is 12.3 Å². The molecule has 1 rings (SSSR count). The van der Waals surface area contributed by atoms with Crippen LogP contribution in [0.25, 0.3) is 0 Å². The molecule has 0 unspecified atom stereocenters. The van der Waals surface area contributed by atoms with Gasteiger partial charge in [0, 0.05) is 24.4 Å². The highest BCUT2D eigenvalue weighted by molar-refractivity contribution is 5.94. The Kier molecular flexibility index (Phi) is 4.97. The van der Waals surface area contributed by atoms with E-state index in [0.29, 0.717) is 12.8 Å². The Labute approximate surface area is 110 Å². The van der Waals surface area contributed by atoms with Gasteiger partial charge >= 0.3 is 5.97 Å². The number of carbonyl (C=O) groups excluding carboxylic acids is 1. The van der Waals surface area contributed by atoms with E-state index in [1.807, 2.05) is 0 Å². The average Bonchev–Trinajstić information content (AvgIpc) is 2.40. The molecule has 0 aliphatic carbocycles. The number of pyridine rings is 1. The minimum atomic E-state index is -0.985. The molecule has 0 atom stereocenters. The molecular weight excluding hydrogens is 251 g/mol. The SMILES string of the molecule is CCC(CC)(CNC(=O)c1ccnc(F)c1)C(=O)O. The molecule has 1 amide bonds. The van der Waals surface area contributed by atoms with E-state index >= 15 is 0 Å². The predicted octanol–water partition coefficient (Wildman–Crippen LogP) is 1.84. The van der Waals surface area contributed by atoms with Gasteiger partial charge < -0.3 is 10.4 Å². The van der Waals surface area contributed by atoms with Crippen LogP contribution in [0, 0.1) is 11.4 Å². The maximum Gasteiger partial charge on any atom is 0.311 e. The monoisotopic (exact) mass is 268 g/mol. The van der Waals surface area contributed by atoms with Crippen LogP contribution in [0.3, 0.4) is 0 Å². The van der Waals surface area contributed by atoms with E-state index in [9.17, 15) is 19.1 Å². The van der Waals surface area contributed by atoms with E-state index in [0.717, 1.165) is 6.07 Å². The second kappa shape index (κ2) is 6.26. The number of carboxylic acid groups (broad SMARTS) is 1. The lowest BCUT2D eigenvalue weighted by atomic mass is 9.82. The Morgan fingerprint density at radius 1 is 1.42 bits per heavy atom. The molecule has 2 N–H and O–H groups in total. The van der Waals surface area contributed by atoms with Gasteiger partial charge in [-0.2, -0.15) is 4.39 Å². The summed E-state index contributed by atoms with van der Waals surface area (Å²) in [5.74, 6) is -2.20. The fourth-order valence-electron chi connectivity index (χ4n) is 1.77. The molecule has 0 aliphatic heterocycles. The largest absolute Gasteiger partial charge is 0.481 e. The first-order valence-corrected chi connectivity index (χ1v) is 6.08. The quantitative estimate of drug-likeness (QED) is 0.771. The zero-order chi connectivity index (χ0) is 14.5. The molecular formula is C13H17FN2O3. The molecule has 1 aromatic heterocycles. The van der Waals surface area contributed by atoms with Crippen LogP contribution >= 0.6 is 0 Å². The van der Waals surface area contributed by atoms with Gasteiger partial charge in [-0.15, -0.1) is 0 Å². The summed E-state index contributed by atoms with van der Waals surface area (Å²) in [6, 6.07) is 2.38. The molecule has 1 heterocycles. The number of nitrogens with one attached hydrogen (secondary N) is 1. The maximum atomic E-state index is 12.9. The van der Waals surface area contributed by atoms with Crippen molar-refractivity contribution >= 4 is 11.9 Å². The summed E-state index contributed by atoms with van der Waals surface area (Å²) in [6.45, 7) is 3.53. The van der Waals surface area contributed by atoms with Gasteiger partial charge in [0.15, 0.2) is 0 Å². The molecule has 0 saturated heterocycles. The molecule has 0 fully saturated rings. The summed E-state index contributed by atoms with van der Waals surface area (Å²) in [5, 5.41) is 11.8. The van der Waals surface area contributed by atoms with Crippen LogP contribution in [0.5, 0.6) is 0 Å². The average molecular weight is 268 g/mol. The fraction of sp³-hybridized carbons (Fsp3) is 0.462. The van der Waals surface area contributed by atoms with Crippen LogP contribution in [-0.2, 0) is 4.79 Å². The van der Waals surface area contributed by atoms with Gasteiger partial charge in [-0.25, -0.2) is 4.98 Å². The topological polar surface area (TPSA) is 79.3 Å². The van der Waals surface area contributed by atoms with Crippen molar-refractivity contribution in [3.63, 3.8) is 0 Å². The highest BCUT2D eigenvalue weighted by atomic mass is 19.1. The van der Waals surface area contributed by atoms with Crippen molar-refractivity contribution in [2.45, 2.75) is 26.7 Å². The molecule has 0 bridgehead atoms. The lowest BCUT2D eigenvalue weighted by molar-refractivity contribution is -0.149. The fourth-order valence-corrected chi connectivity index (χ4v) is 1.77. The molecule has 0 saturated carbocycles. The summed E-state index contributed by atoms with van der Waals surface area (Å²) in [6.07, 6.45) is 2.00. The lowest BCUT2D eigenvalue weighted by Crippen LogP contribution is -2.42. The number of amides is 1. The van der Waals surface area contributed by atoms with Gasteiger partial charge in [-0.3, -0.25) is 9.59 Å². The molecule has 104 valence electrons. The first-order valence-electron chi connectivity index (χ1n) is 6.08. The minimum absolute atomic E-state index is 0.0120. The Balaban J connectivity index is 2.75. The Morgan fingerprint density at radius 2 is 2.05 bits per heavy atom. The summed E-state index contributed by atoms with van der Waals surface area (Å²) < 4.78 is 12.9. The van der Waals surface area contributed by atoms with E-state index < -0.39 is 23.2 Å². The third-order valence-corrected chi connectivity index (χ3v) is 3.38. The molecule has 6 heteroatoms. The zero-order valence-electron chi connectivity index (χ0n) is 10.9. The van der Waals surface area contributed by atoms with Crippen molar-refractivity contribution in [2.24, 2.45) is 5.41 Å². The van der Waals surface area contributed by atoms with Crippen molar-refractivity contribution in [1.82, 2.24) is 10.3 Å². The Bertz CT molecular complexity index is 473. The van der Waals surface area contributed by atoms with Crippen molar-refractivity contribution in [2.75, 3.05) is 6.54 Å². The molecule has 0 spiro atoms. The number of hydrogen-bond donors (Lipinski definition) is 2. The third-order valence-electron chi connectivity index (χ3n) is 3.38. The van der Waals surface area contributed by atoms with Crippen LogP contribution < -0.4 is 5.32 Å². The van der Waals surface area contributed by atoms with E-state index in [4.69, 9.17) is 0 Å². The highest BCUT2D eigenvalue weighted by Crippen LogP contribution is 2.25. The number of rotatable bonds is 6. The number of hydrogen-bond acceptors (Lipinski definition) is 3. The van der Waals surface area contributed by atoms with Gasteiger partial charge in [-0.1, -0.05) is 13.8 Å². The van der Waals surface area contributed by atoms with Crippen LogP contribution in [0.2, 0.25) is 0 Å². The van der Waals surface area contributed by atoms with Crippen molar-refractivity contribution in [1.29, 1.82) is 0 Å². The molecule has 0 aromatic carbocycles. The Hall–Kier alpha value is -1.98. The molecule has 0 aliphatic rings. The number of carboxylic acids is 1. The number of nitrogens with zero attached hydrogens (tertiary/aromatic N) is 1. The van der Waals surface area contributed by atoms with Crippen LogP contribution in [0.1, 0.15) is 37.0 Å². The zero-order valence-corrected chi connectivity index (χ0v) is 10.9. The standard InChI is InChI=1S/C13H17FN2O3/c1-3-13(4-2,12(18)19)8-16-11(17)9-5-6-15-10(14)7-9/h5-7H,3-4,8H2,1-2H3,(H,16,17)(H,18,19).